The van der Waals surface area contributed by atoms with E-state index < -0.39 is 0 Å². The summed E-state index contributed by atoms with van der Waals surface area (Å²) in [7, 11) is 1.68. The van der Waals surface area contributed by atoms with Crippen molar-refractivity contribution in [3.63, 3.8) is 0 Å². The van der Waals surface area contributed by atoms with E-state index in [9.17, 15) is 0 Å². The van der Waals surface area contributed by atoms with Crippen LogP contribution in [0.5, 0.6) is 0 Å². The van der Waals surface area contributed by atoms with E-state index in [0.717, 1.165) is 45.8 Å². The van der Waals surface area contributed by atoms with E-state index in [4.69, 9.17) is 14.2 Å². The van der Waals surface area contributed by atoms with Gasteiger partial charge in [-0.1, -0.05) is 6.92 Å². The molecule has 0 bridgehead atoms. The molecule has 0 amide bonds. The molecule has 0 aromatic rings. The average molecular weight is 233 g/mol. The number of hydrogen-bond acceptors (Lipinski definition) is 4. The molecular formula is C12H27NO3. The van der Waals surface area contributed by atoms with E-state index in [-0.39, 0.29) is 0 Å². The van der Waals surface area contributed by atoms with E-state index in [1.165, 1.54) is 6.42 Å². The highest BCUT2D eigenvalue weighted by Crippen LogP contribution is 1.87. The van der Waals surface area contributed by atoms with Gasteiger partial charge in [0.2, 0.25) is 0 Å². The van der Waals surface area contributed by atoms with Crippen LogP contribution >= 0.6 is 0 Å². The van der Waals surface area contributed by atoms with Crippen molar-refractivity contribution in [2.45, 2.75) is 26.2 Å². The Morgan fingerprint density at radius 3 is 2.19 bits per heavy atom. The van der Waals surface area contributed by atoms with Crippen LogP contribution in [-0.4, -0.2) is 53.2 Å². The predicted octanol–water partition coefficient (Wildman–Crippen LogP) is 1.45. The highest BCUT2D eigenvalue weighted by molar-refractivity contribution is 4.45. The molecule has 0 rings (SSSR count). The van der Waals surface area contributed by atoms with E-state index in [2.05, 4.69) is 12.2 Å². The van der Waals surface area contributed by atoms with Crippen molar-refractivity contribution in [1.82, 2.24) is 5.32 Å². The van der Waals surface area contributed by atoms with Crippen molar-refractivity contribution < 1.29 is 14.2 Å². The first kappa shape index (κ1) is 15.8. The van der Waals surface area contributed by atoms with Gasteiger partial charge in [0.15, 0.2) is 0 Å². The molecule has 0 aliphatic carbocycles. The molecule has 98 valence electrons. The fourth-order valence-corrected chi connectivity index (χ4v) is 1.21. The second kappa shape index (κ2) is 14.8. The smallest absolute Gasteiger partial charge is 0.0700 e. The van der Waals surface area contributed by atoms with Crippen LogP contribution in [-0.2, 0) is 14.2 Å². The van der Waals surface area contributed by atoms with E-state index in [1.807, 2.05) is 0 Å². The maximum atomic E-state index is 5.47. The van der Waals surface area contributed by atoms with Crippen molar-refractivity contribution in [3.8, 4) is 0 Å². The summed E-state index contributed by atoms with van der Waals surface area (Å²) in [5, 5.41) is 3.34. The normalized spacial score (nSPS) is 10.9. The zero-order chi connectivity index (χ0) is 11.9. The van der Waals surface area contributed by atoms with Gasteiger partial charge in [0, 0.05) is 26.9 Å². The van der Waals surface area contributed by atoms with Crippen LogP contribution in [0.25, 0.3) is 0 Å². The number of ether oxygens (including phenoxy) is 3. The minimum absolute atomic E-state index is 0.671. The third-order valence-corrected chi connectivity index (χ3v) is 2.08. The molecule has 0 aromatic carbocycles. The number of nitrogens with one attached hydrogen (secondary N) is 1. The lowest BCUT2D eigenvalue weighted by Gasteiger charge is -2.06. The first-order valence-corrected chi connectivity index (χ1v) is 6.27. The molecule has 0 aliphatic rings. The van der Waals surface area contributed by atoms with Gasteiger partial charge < -0.3 is 19.5 Å². The first-order valence-electron chi connectivity index (χ1n) is 6.27. The van der Waals surface area contributed by atoms with Crippen LogP contribution in [0.4, 0.5) is 0 Å². The summed E-state index contributed by atoms with van der Waals surface area (Å²) in [5.74, 6) is 0. The highest BCUT2D eigenvalue weighted by Gasteiger charge is 1.91. The van der Waals surface area contributed by atoms with Crippen LogP contribution in [0.3, 0.4) is 0 Å². The van der Waals surface area contributed by atoms with Gasteiger partial charge in [0.1, 0.15) is 0 Å². The monoisotopic (exact) mass is 233 g/mol. The van der Waals surface area contributed by atoms with Gasteiger partial charge in [-0.2, -0.15) is 0 Å². The molecule has 0 radical (unpaired) electrons. The summed E-state index contributed by atoms with van der Waals surface area (Å²) in [4.78, 5) is 0. The van der Waals surface area contributed by atoms with E-state index >= 15 is 0 Å². The fraction of sp³-hybridized carbons (Fsp3) is 1.00. The topological polar surface area (TPSA) is 39.7 Å². The maximum absolute atomic E-state index is 5.47. The molecule has 0 spiro atoms. The molecule has 0 atom stereocenters. The highest BCUT2D eigenvalue weighted by atomic mass is 16.5. The second-order valence-corrected chi connectivity index (χ2v) is 3.67. The molecule has 0 saturated carbocycles. The summed E-state index contributed by atoms with van der Waals surface area (Å²) < 4.78 is 15.7. The van der Waals surface area contributed by atoms with Gasteiger partial charge in [-0.25, -0.2) is 0 Å². The Labute approximate surface area is 99.6 Å². The Morgan fingerprint density at radius 1 is 0.812 bits per heavy atom. The molecule has 0 aliphatic heterocycles. The molecule has 0 unspecified atom stereocenters. The van der Waals surface area contributed by atoms with Crippen LogP contribution in [0.1, 0.15) is 26.2 Å². The Bertz CT molecular complexity index is 109. The molecule has 16 heavy (non-hydrogen) atoms. The summed E-state index contributed by atoms with van der Waals surface area (Å²) in [6.45, 7) is 8.08. The predicted molar refractivity (Wildman–Crippen MR) is 65.9 cm³/mol. The Balaban J connectivity index is 2.83. The van der Waals surface area contributed by atoms with Crippen molar-refractivity contribution in [2.75, 3.05) is 53.2 Å². The molecule has 4 nitrogen and oxygen atoms in total. The number of hydrogen-bond donors (Lipinski definition) is 1. The summed E-state index contributed by atoms with van der Waals surface area (Å²) >= 11 is 0. The van der Waals surface area contributed by atoms with E-state index in [0.29, 0.717) is 13.2 Å². The van der Waals surface area contributed by atoms with Crippen LogP contribution < -0.4 is 5.32 Å². The van der Waals surface area contributed by atoms with Crippen molar-refractivity contribution in [1.29, 1.82) is 0 Å². The Hall–Kier alpha value is -0.160. The molecule has 4 heteroatoms. The van der Waals surface area contributed by atoms with Gasteiger partial charge in [0.05, 0.1) is 13.2 Å². The number of methoxy groups -OCH3 is 1. The lowest BCUT2D eigenvalue weighted by atomic mass is 10.4. The van der Waals surface area contributed by atoms with Crippen molar-refractivity contribution in [3.05, 3.63) is 0 Å². The van der Waals surface area contributed by atoms with Crippen LogP contribution in [0.15, 0.2) is 0 Å². The van der Waals surface area contributed by atoms with Gasteiger partial charge in [0.25, 0.3) is 0 Å². The molecule has 0 aromatic heterocycles. The lowest BCUT2D eigenvalue weighted by molar-refractivity contribution is 0.0511. The molecule has 0 heterocycles. The van der Waals surface area contributed by atoms with Gasteiger partial charge in [-0.3, -0.25) is 0 Å². The largest absolute Gasteiger partial charge is 0.382 e. The van der Waals surface area contributed by atoms with Crippen molar-refractivity contribution >= 4 is 0 Å². The third-order valence-electron chi connectivity index (χ3n) is 2.08. The quantitative estimate of drug-likeness (QED) is 0.489. The zero-order valence-corrected chi connectivity index (χ0v) is 10.8. The Kier molecular flexibility index (Phi) is 14.7. The standard InChI is InChI=1S/C12H27NO3/c1-3-6-13-7-4-8-15-9-5-10-16-12-11-14-2/h13H,3-12H2,1-2H3. The Morgan fingerprint density at radius 2 is 1.50 bits per heavy atom. The van der Waals surface area contributed by atoms with Gasteiger partial charge >= 0.3 is 0 Å². The van der Waals surface area contributed by atoms with Gasteiger partial charge in [-0.05, 0) is 32.4 Å². The zero-order valence-electron chi connectivity index (χ0n) is 10.8. The van der Waals surface area contributed by atoms with Crippen LogP contribution in [0, 0.1) is 0 Å². The van der Waals surface area contributed by atoms with E-state index in [1.54, 1.807) is 7.11 Å². The average Bonchev–Trinajstić information content (AvgIpc) is 2.31. The second-order valence-electron chi connectivity index (χ2n) is 3.67. The summed E-state index contributed by atoms with van der Waals surface area (Å²) in [5.41, 5.74) is 0. The minimum atomic E-state index is 0.671. The maximum Gasteiger partial charge on any atom is 0.0700 e. The summed E-state index contributed by atoms with van der Waals surface area (Å²) in [6, 6.07) is 0. The number of rotatable bonds is 13. The first-order chi connectivity index (χ1) is 7.91. The molecule has 1 N–H and O–H groups in total. The lowest BCUT2D eigenvalue weighted by Crippen LogP contribution is -2.17. The molecular weight excluding hydrogens is 206 g/mol. The SMILES string of the molecule is CCCNCCCOCCCOCCOC. The molecule has 0 fully saturated rings. The molecule has 0 saturated heterocycles. The van der Waals surface area contributed by atoms with Crippen LogP contribution in [0.2, 0.25) is 0 Å². The fourth-order valence-electron chi connectivity index (χ4n) is 1.21. The summed E-state index contributed by atoms with van der Waals surface area (Å²) in [6.07, 6.45) is 3.25. The third kappa shape index (κ3) is 13.8. The van der Waals surface area contributed by atoms with Gasteiger partial charge in [-0.15, -0.1) is 0 Å². The minimum Gasteiger partial charge on any atom is -0.382 e. The van der Waals surface area contributed by atoms with Crippen molar-refractivity contribution in [2.24, 2.45) is 0 Å².